The van der Waals surface area contributed by atoms with Crippen LogP contribution >= 0.6 is 0 Å². The van der Waals surface area contributed by atoms with Crippen molar-refractivity contribution >= 4 is 76.7 Å². The maximum Gasteiger partial charge on any atom is 0.0626 e. The Bertz CT molecular complexity index is 3650. The second-order valence-corrected chi connectivity index (χ2v) is 17.3. The summed E-state index contributed by atoms with van der Waals surface area (Å²) in [5.41, 5.74) is 17.2. The van der Waals surface area contributed by atoms with E-state index in [0.717, 1.165) is 17.1 Å². The average molecular weight is 777 g/mol. The molecule has 2 nitrogen and oxygen atoms in total. The monoisotopic (exact) mass is 776 g/mol. The summed E-state index contributed by atoms with van der Waals surface area (Å²) < 4.78 is 2.51. The van der Waals surface area contributed by atoms with Crippen LogP contribution in [0.25, 0.3) is 93.0 Å². The molecule has 13 rings (SSSR count). The van der Waals surface area contributed by atoms with E-state index in [9.17, 15) is 0 Å². The van der Waals surface area contributed by atoms with Crippen LogP contribution in [0.5, 0.6) is 0 Å². The van der Waals surface area contributed by atoms with Crippen LogP contribution in [0.1, 0.15) is 25.0 Å². The first-order valence-electron chi connectivity index (χ1n) is 21.3. The van der Waals surface area contributed by atoms with Crippen molar-refractivity contribution < 1.29 is 0 Å². The fourth-order valence-corrected chi connectivity index (χ4v) is 11.0. The minimum Gasteiger partial charge on any atom is -0.310 e. The summed E-state index contributed by atoms with van der Waals surface area (Å²) in [7, 11) is 0. The van der Waals surface area contributed by atoms with Gasteiger partial charge in [0.25, 0.3) is 0 Å². The molecule has 0 atom stereocenters. The van der Waals surface area contributed by atoms with Gasteiger partial charge < -0.3 is 9.30 Å². The van der Waals surface area contributed by atoms with Gasteiger partial charge in [0.15, 0.2) is 0 Å². The Labute approximate surface area is 354 Å². The highest BCUT2D eigenvalue weighted by Crippen LogP contribution is 2.53. The van der Waals surface area contributed by atoms with E-state index in [1.165, 1.54) is 104 Å². The zero-order chi connectivity index (χ0) is 40.4. The number of benzene rings is 10. The van der Waals surface area contributed by atoms with Crippen LogP contribution < -0.4 is 4.90 Å². The molecule has 0 fully saturated rings. The Balaban J connectivity index is 1.13. The van der Waals surface area contributed by atoms with E-state index in [4.69, 9.17) is 0 Å². The molecule has 0 unspecified atom stereocenters. The van der Waals surface area contributed by atoms with Crippen LogP contribution in [0, 0.1) is 0 Å². The molecule has 1 aliphatic carbocycles. The minimum absolute atomic E-state index is 0.145. The van der Waals surface area contributed by atoms with E-state index in [0.29, 0.717) is 0 Å². The van der Waals surface area contributed by atoms with E-state index in [1.807, 2.05) is 0 Å². The van der Waals surface area contributed by atoms with Crippen LogP contribution in [0.3, 0.4) is 0 Å². The van der Waals surface area contributed by atoms with Crippen LogP contribution in [-0.4, -0.2) is 4.40 Å². The lowest BCUT2D eigenvalue weighted by atomic mass is 9.80. The zero-order valence-corrected chi connectivity index (χ0v) is 34.0. The maximum atomic E-state index is 2.52. The molecule has 0 radical (unpaired) electrons. The van der Waals surface area contributed by atoms with Crippen molar-refractivity contribution in [3.05, 3.63) is 217 Å². The molecule has 0 aliphatic heterocycles. The van der Waals surface area contributed by atoms with Crippen molar-refractivity contribution in [2.45, 2.75) is 19.3 Å². The van der Waals surface area contributed by atoms with Crippen molar-refractivity contribution in [1.82, 2.24) is 4.40 Å². The molecule has 12 aromatic rings. The van der Waals surface area contributed by atoms with E-state index in [-0.39, 0.29) is 5.41 Å². The first-order chi connectivity index (χ1) is 30.0. The van der Waals surface area contributed by atoms with E-state index in [1.54, 1.807) is 0 Å². The molecular weight excluding hydrogens is 737 g/mol. The molecule has 10 aromatic carbocycles. The Morgan fingerprint density at radius 1 is 0.393 bits per heavy atom. The summed E-state index contributed by atoms with van der Waals surface area (Å²) in [5.74, 6) is 0. The van der Waals surface area contributed by atoms with Crippen LogP contribution in [0.4, 0.5) is 17.1 Å². The van der Waals surface area contributed by atoms with E-state index >= 15 is 0 Å². The highest BCUT2D eigenvalue weighted by atomic mass is 15.1. The summed E-state index contributed by atoms with van der Waals surface area (Å²) in [5, 5.41) is 10.2. The second kappa shape index (κ2) is 12.7. The van der Waals surface area contributed by atoms with Gasteiger partial charge in [-0.1, -0.05) is 172 Å². The minimum atomic E-state index is -0.145. The fraction of sp³-hybridized carbons (Fsp3) is 0.0508. The quantitative estimate of drug-likeness (QED) is 0.125. The number of rotatable bonds is 5. The SMILES string of the molecule is CC1(C)c2ccccc2-c2ccc3c(N(c4cc(-c5ccccc5)cc(-c5ccccc5)c4)c4ccc5c(c4)c4ccc6cccc7c8ccccc8n5c4c67)cccc3c21. The first kappa shape index (κ1) is 34.2. The largest absolute Gasteiger partial charge is 0.310 e. The number of aromatic nitrogens is 1. The van der Waals surface area contributed by atoms with Gasteiger partial charge in [-0.05, 0) is 109 Å². The summed E-state index contributed by atoms with van der Waals surface area (Å²) in [6.07, 6.45) is 0. The summed E-state index contributed by atoms with van der Waals surface area (Å²) in [4.78, 5) is 2.52. The molecule has 1 aliphatic rings. The number of hydrogen-bond donors (Lipinski definition) is 0. The third kappa shape index (κ3) is 4.85. The molecule has 61 heavy (non-hydrogen) atoms. The Hall–Kier alpha value is -7.68. The smallest absolute Gasteiger partial charge is 0.0626 e. The fourth-order valence-electron chi connectivity index (χ4n) is 11.0. The summed E-state index contributed by atoms with van der Waals surface area (Å²) in [6.45, 7) is 4.78. The van der Waals surface area contributed by atoms with Crippen LogP contribution in [0.2, 0.25) is 0 Å². The number of fused-ring (bicyclic) bond motifs is 11. The van der Waals surface area contributed by atoms with Crippen LogP contribution in [0.15, 0.2) is 206 Å². The van der Waals surface area contributed by atoms with E-state index < -0.39 is 0 Å². The number of para-hydroxylation sites is 1. The lowest BCUT2D eigenvalue weighted by Gasteiger charge is -2.29. The van der Waals surface area contributed by atoms with Gasteiger partial charge in [0, 0.05) is 43.7 Å². The van der Waals surface area contributed by atoms with E-state index in [2.05, 4.69) is 229 Å². The molecule has 2 heteroatoms. The predicted molar refractivity (Wildman–Crippen MR) is 259 cm³/mol. The van der Waals surface area contributed by atoms with Crippen molar-refractivity contribution in [1.29, 1.82) is 0 Å². The second-order valence-electron chi connectivity index (χ2n) is 17.3. The number of hydrogen-bond acceptors (Lipinski definition) is 1. The van der Waals surface area contributed by atoms with Crippen LogP contribution in [-0.2, 0) is 5.41 Å². The molecular formula is C59H40N2. The highest BCUT2D eigenvalue weighted by molar-refractivity contribution is 6.28. The third-order valence-corrected chi connectivity index (χ3v) is 13.6. The maximum absolute atomic E-state index is 2.52. The molecule has 0 bridgehead atoms. The molecule has 2 heterocycles. The van der Waals surface area contributed by atoms with Gasteiger partial charge in [-0.15, -0.1) is 0 Å². The van der Waals surface area contributed by atoms with Crippen molar-refractivity contribution in [2.75, 3.05) is 4.90 Å². The Morgan fingerprint density at radius 2 is 1.05 bits per heavy atom. The van der Waals surface area contributed by atoms with Crippen molar-refractivity contribution in [2.24, 2.45) is 0 Å². The molecule has 0 saturated heterocycles. The average Bonchev–Trinajstić information content (AvgIpc) is 3.78. The number of nitrogens with zero attached hydrogens (tertiary/aromatic N) is 2. The molecule has 0 saturated carbocycles. The van der Waals surface area contributed by atoms with Gasteiger partial charge in [0.1, 0.15) is 0 Å². The zero-order valence-electron chi connectivity index (χ0n) is 34.0. The molecule has 0 spiro atoms. The summed E-state index contributed by atoms with van der Waals surface area (Å²) >= 11 is 0. The van der Waals surface area contributed by atoms with Crippen molar-refractivity contribution in [3.63, 3.8) is 0 Å². The molecule has 0 N–H and O–H groups in total. The standard InChI is InChI=1S/C59H40N2/c1-59(2)52-24-11-9-20-44(52)49-31-30-46-48(57(49)59)23-14-26-53(46)60(43-34-40(37-15-5-3-6-16-37)33-41(35-43)38-17-7-4-8-18-38)42-28-32-55-51(36-42)50-29-27-39-19-13-22-47-45-21-10-12-25-54(45)61(55)58(50)56(39)47/h3-36H,1-2H3. The Kier molecular flexibility index (Phi) is 7.10. The lowest BCUT2D eigenvalue weighted by Crippen LogP contribution is -2.16. The van der Waals surface area contributed by atoms with Gasteiger partial charge in [-0.25, -0.2) is 0 Å². The molecule has 286 valence electrons. The van der Waals surface area contributed by atoms with Gasteiger partial charge in [-0.3, -0.25) is 0 Å². The molecule has 2 aromatic heterocycles. The normalized spacial score (nSPS) is 13.2. The van der Waals surface area contributed by atoms with Gasteiger partial charge in [0.2, 0.25) is 0 Å². The van der Waals surface area contributed by atoms with Gasteiger partial charge >= 0.3 is 0 Å². The number of anilines is 3. The third-order valence-electron chi connectivity index (χ3n) is 13.6. The van der Waals surface area contributed by atoms with Crippen molar-refractivity contribution in [3.8, 4) is 33.4 Å². The first-order valence-corrected chi connectivity index (χ1v) is 21.3. The highest BCUT2D eigenvalue weighted by Gasteiger charge is 2.37. The topological polar surface area (TPSA) is 7.65 Å². The number of pyridine rings is 1. The molecule has 0 amide bonds. The lowest BCUT2D eigenvalue weighted by molar-refractivity contribution is 0.666. The van der Waals surface area contributed by atoms with Gasteiger partial charge in [0.05, 0.1) is 22.2 Å². The predicted octanol–water partition coefficient (Wildman–Crippen LogP) is 16.3. The summed E-state index contributed by atoms with van der Waals surface area (Å²) in [6, 6.07) is 76.7. The Morgan fingerprint density at radius 3 is 1.85 bits per heavy atom. The van der Waals surface area contributed by atoms with Gasteiger partial charge in [-0.2, -0.15) is 0 Å².